The van der Waals surface area contributed by atoms with Crippen LogP contribution < -0.4 is 9.80 Å². The Morgan fingerprint density at radius 2 is 1.73 bits per heavy atom. The average Bonchev–Trinajstić information content (AvgIpc) is 2.99. The fourth-order valence-corrected chi connectivity index (χ4v) is 4.03. The molecule has 4 nitrogen and oxygen atoms in total. The largest absolute Gasteiger partial charge is 0.369 e. The SMILES string of the molecule is C[C@@H]1Cc2ccccc2N1C(=O)CN1CCN(c2ccc(F)cc2)CC1. The highest BCUT2D eigenvalue weighted by Gasteiger charge is 2.31. The summed E-state index contributed by atoms with van der Waals surface area (Å²) < 4.78 is 13.1. The number of fused-ring (bicyclic) bond motifs is 1. The van der Waals surface area contributed by atoms with Gasteiger partial charge < -0.3 is 9.80 Å². The molecule has 0 aliphatic carbocycles. The number of hydrogen-bond acceptors (Lipinski definition) is 3. The minimum Gasteiger partial charge on any atom is -0.369 e. The topological polar surface area (TPSA) is 26.8 Å². The number of rotatable bonds is 3. The van der Waals surface area contributed by atoms with Crippen LogP contribution in [0.25, 0.3) is 0 Å². The molecule has 0 bridgehead atoms. The van der Waals surface area contributed by atoms with Crippen LogP contribution in [-0.2, 0) is 11.2 Å². The summed E-state index contributed by atoms with van der Waals surface area (Å²) in [5.41, 5.74) is 3.36. The number of piperazine rings is 1. The zero-order chi connectivity index (χ0) is 18.1. The van der Waals surface area contributed by atoms with Gasteiger partial charge in [-0.3, -0.25) is 9.69 Å². The molecule has 1 atom stereocenters. The Morgan fingerprint density at radius 3 is 2.46 bits per heavy atom. The van der Waals surface area contributed by atoms with E-state index in [4.69, 9.17) is 0 Å². The van der Waals surface area contributed by atoms with Crippen molar-refractivity contribution in [3.05, 3.63) is 59.9 Å². The molecule has 5 heteroatoms. The number of hydrogen-bond donors (Lipinski definition) is 0. The summed E-state index contributed by atoms with van der Waals surface area (Å²) in [6, 6.07) is 15.0. The standard InChI is InChI=1S/C21H24FN3O/c1-16-14-17-4-2-3-5-20(17)25(16)21(26)15-23-10-12-24(13-11-23)19-8-6-18(22)7-9-19/h2-9,16H,10-15H2,1H3/t16-/m1/s1. The second-order valence-electron chi connectivity index (χ2n) is 7.19. The third-order valence-electron chi connectivity index (χ3n) is 5.40. The first-order valence-electron chi connectivity index (χ1n) is 9.24. The van der Waals surface area contributed by atoms with Gasteiger partial charge in [-0.1, -0.05) is 18.2 Å². The Balaban J connectivity index is 1.36. The predicted molar refractivity (Wildman–Crippen MR) is 102 cm³/mol. The van der Waals surface area contributed by atoms with E-state index in [-0.39, 0.29) is 17.8 Å². The van der Waals surface area contributed by atoms with Crippen LogP contribution in [0.15, 0.2) is 48.5 Å². The van der Waals surface area contributed by atoms with Gasteiger partial charge in [-0.05, 0) is 49.2 Å². The highest BCUT2D eigenvalue weighted by molar-refractivity contribution is 5.97. The summed E-state index contributed by atoms with van der Waals surface area (Å²) in [7, 11) is 0. The summed E-state index contributed by atoms with van der Waals surface area (Å²) in [6.07, 6.45) is 0.931. The van der Waals surface area contributed by atoms with Gasteiger partial charge in [0.1, 0.15) is 5.82 Å². The van der Waals surface area contributed by atoms with Crippen LogP contribution >= 0.6 is 0 Å². The Morgan fingerprint density at radius 1 is 1.04 bits per heavy atom. The molecule has 26 heavy (non-hydrogen) atoms. The van der Waals surface area contributed by atoms with E-state index in [0.29, 0.717) is 6.54 Å². The fourth-order valence-electron chi connectivity index (χ4n) is 4.03. The number of anilines is 2. The molecule has 1 amide bonds. The maximum absolute atomic E-state index is 13.1. The quantitative estimate of drug-likeness (QED) is 0.849. The fraction of sp³-hybridized carbons (Fsp3) is 0.381. The highest BCUT2D eigenvalue weighted by atomic mass is 19.1. The molecule has 2 aliphatic rings. The maximum atomic E-state index is 13.1. The predicted octanol–water partition coefficient (Wildman–Crippen LogP) is 2.93. The van der Waals surface area contributed by atoms with E-state index in [1.807, 2.05) is 35.2 Å². The molecule has 1 fully saturated rings. The van der Waals surface area contributed by atoms with Crippen LogP contribution in [0.2, 0.25) is 0 Å². The number of carbonyl (C=O) groups excluding carboxylic acids is 1. The molecule has 136 valence electrons. The van der Waals surface area contributed by atoms with Crippen molar-refractivity contribution in [1.82, 2.24) is 4.90 Å². The number of carbonyl (C=O) groups is 1. The van der Waals surface area contributed by atoms with Crippen molar-refractivity contribution in [2.75, 3.05) is 42.5 Å². The van der Waals surface area contributed by atoms with Crippen molar-refractivity contribution in [3.63, 3.8) is 0 Å². The van der Waals surface area contributed by atoms with Gasteiger partial charge in [0.05, 0.1) is 6.54 Å². The van der Waals surface area contributed by atoms with Crippen molar-refractivity contribution in [2.24, 2.45) is 0 Å². The van der Waals surface area contributed by atoms with Crippen molar-refractivity contribution in [2.45, 2.75) is 19.4 Å². The minimum atomic E-state index is -0.210. The van der Waals surface area contributed by atoms with Gasteiger partial charge >= 0.3 is 0 Å². The Hall–Kier alpha value is -2.40. The van der Waals surface area contributed by atoms with E-state index in [0.717, 1.165) is 44.0 Å². The Bertz CT molecular complexity index is 784. The van der Waals surface area contributed by atoms with E-state index in [1.165, 1.54) is 17.7 Å². The van der Waals surface area contributed by atoms with Gasteiger partial charge in [-0.2, -0.15) is 0 Å². The molecular formula is C21H24FN3O. The maximum Gasteiger partial charge on any atom is 0.241 e. The van der Waals surface area contributed by atoms with Crippen LogP contribution in [0.1, 0.15) is 12.5 Å². The van der Waals surface area contributed by atoms with Crippen molar-refractivity contribution < 1.29 is 9.18 Å². The first-order valence-corrected chi connectivity index (χ1v) is 9.24. The summed E-state index contributed by atoms with van der Waals surface area (Å²) >= 11 is 0. The molecular weight excluding hydrogens is 329 g/mol. The van der Waals surface area contributed by atoms with E-state index >= 15 is 0 Å². The van der Waals surface area contributed by atoms with Gasteiger partial charge in [0.2, 0.25) is 5.91 Å². The zero-order valence-electron chi connectivity index (χ0n) is 15.1. The second kappa shape index (κ2) is 7.08. The molecule has 0 aromatic heterocycles. The molecule has 2 heterocycles. The highest BCUT2D eigenvalue weighted by Crippen LogP contribution is 2.32. The first-order chi connectivity index (χ1) is 12.6. The molecule has 0 N–H and O–H groups in total. The van der Waals surface area contributed by atoms with Crippen LogP contribution in [0.5, 0.6) is 0 Å². The third-order valence-corrected chi connectivity index (χ3v) is 5.40. The van der Waals surface area contributed by atoms with Gasteiger partial charge in [-0.25, -0.2) is 4.39 Å². The Kier molecular flexibility index (Phi) is 4.64. The molecule has 2 aromatic carbocycles. The summed E-state index contributed by atoms with van der Waals surface area (Å²) in [5.74, 6) is -0.0318. The lowest BCUT2D eigenvalue weighted by molar-refractivity contribution is -0.120. The van der Waals surface area contributed by atoms with Crippen LogP contribution in [0, 0.1) is 5.82 Å². The van der Waals surface area contributed by atoms with Gasteiger partial charge in [-0.15, -0.1) is 0 Å². The molecule has 0 unspecified atom stereocenters. The van der Waals surface area contributed by atoms with Gasteiger partial charge in [0, 0.05) is 43.6 Å². The second-order valence-corrected chi connectivity index (χ2v) is 7.19. The van der Waals surface area contributed by atoms with E-state index in [2.05, 4.69) is 22.8 Å². The number of benzene rings is 2. The third kappa shape index (κ3) is 3.31. The normalized spacial score (nSPS) is 20.3. The van der Waals surface area contributed by atoms with Crippen molar-refractivity contribution >= 4 is 17.3 Å². The number of nitrogens with zero attached hydrogens (tertiary/aromatic N) is 3. The number of amides is 1. The summed E-state index contributed by atoms with van der Waals surface area (Å²) in [4.78, 5) is 19.3. The van der Waals surface area contributed by atoms with E-state index < -0.39 is 0 Å². The van der Waals surface area contributed by atoms with Crippen LogP contribution in [-0.4, -0.2) is 49.6 Å². The number of para-hydroxylation sites is 1. The lowest BCUT2D eigenvalue weighted by Crippen LogP contribution is -2.51. The van der Waals surface area contributed by atoms with E-state index in [9.17, 15) is 9.18 Å². The lowest BCUT2D eigenvalue weighted by atomic mass is 10.1. The van der Waals surface area contributed by atoms with Crippen LogP contribution in [0.3, 0.4) is 0 Å². The average molecular weight is 353 g/mol. The van der Waals surface area contributed by atoms with E-state index in [1.54, 1.807) is 0 Å². The zero-order valence-corrected chi connectivity index (χ0v) is 15.1. The Labute approximate surface area is 153 Å². The summed E-state index contributed by atoms with van der Waals surface area (Å²) in [6.45, 7) is 5.95. The molecule has 2 aromatic rings. The first kappa shape index (κ1) is 17.0. The molecule has 4 rings (SSSR count). The molecule has 0 radical (unpaired) electrons. The van der Waals surface area contributed by atoms with Crippen molar-refractivity contribution in [3.8, 4) is 0 Å². The molecule has 0 saturated carbocycles. The molecule has 0 spiro atoms. The molecule has 2 aliphatic heterocycles. The monoisotopic (exact) mass is 353 g/mol. The smallest absolute Gasteiger partial charge is 0.241 e. The minimum absolute atomic E-state index is 0.178. The lowest BCUT2D eigenvalue weighted by Gasteiger charge is -2.36. The van der Waals surface area contributed by atoms with Crippen LogP contribution in [0.4, 0.5) is 15.8 Å². The molecule has 1 saturated heterocycles. The van der Waals surface area contributed by atoms with Gasteiger partial charge in [0.25, 0.3) is 0 Å². The van der Waals surface area contributed by atoms with Gasteiger partial charge in [0.15, 0.2) is 0 Å². The van der Waals surface area contributed by atoms with Crippen molar-refractivity contribution in [1.29, 1.82) is 0 Å². The number of halogens is 1. The summed E-state index contributed by atoms with van der Waals surface area (Å²) in [5, 5.41) is 0.